The second kappa shape index (κ2) is 7.89. The fourth-order valence-corrected chi connectivity index (χ4v) is 4.36. The summed E-state index contributed by atoms with van der Waals surface area (Å²) < 4.78 is 45.3. The third-order valence-electron chi connectivity index (χ3n) is 5.10. The van der Waals surface area contributed by atoms with Crippen molar-refractivity contribution in [1.29, 1.82) is 0 Å². The molecule has 0 saturated heterocycles. The Bertz CT molecular complexity index is 987. The topological polar surface area (TPSA) is 84.5 Å². The maximum atomic E-state index is 13.5. The smallest absolute Gasteiger partial charge is 0.251 e. The standard InChI is InChI=1S/C20H23FN2O4S/c1-22-28(25,26)18-12-15(7-8-17(18)27-2)19(24)23-20(9-4-10-20)13-14-5-3-6-16(21)11-14/h3,5-8,11-12,22H,4,9-10,13H2,1-2H3,(H,23,24). The lowest BCUT2D eigenvalue weighted by Gasteiger charge is -2.43. The number of carbonyl (C=O) groups is 1. The van der Waals surface area contributed by atoms with Gasteiger partial charge in [0.05, 0.1) is 7.11 Å². The molecular weight excluding hydrogens is 383 g/mol. The zero-order valence-electron chi connectivity index (χ0n) is 15.8. The molecule has 2 aromatic rings. The van der Waals surface area contributed by atoms with E-state index in [9.17, 15) is 17.6 Å². The number of carbonyl (C=O) groups excluding carboxylic acids is 1. The highest BCUT2D eigenvalue weighted by Crippen LogP contribution is 2.36. The molecule has 1 aliphatic carbocycles. The highest BCUT2D eigenvalue weighted by Gasteiger charge is 2.38. The van der Waals surface area contributed by atoms with Crippen LogP contribution in [-0.2, 0) is 16.4 Å². The van der Waals surface area contributed by atoms with Crippen LogP contribution in [0.15, 0.2) is 47.4 Å². The zero-order chi connectivity index (χ0) is 20.4. The van der Waals surface area contributed by atoms with Crippen molar-refractivity contribution in [3.8, 4) is 5.75 Å². The first-order valence-corrected chi connectivity index (χ1v) is 10.5. The second-order valence-electron chi connectivity index (χ2n) is 6.97. The van der Waals surface area contributed by atoms with Crippen LogP contribution >= 0.6 is 0 Å². The van der Waals surface area contributed by atoms with Crippen molar-refractivity contribution in [2.45, 2.75) is 36.1 Å². The molecule has 0 unspecified atom stereocenters. The van der Waals surface area contributed by atoms with Gasteiger partial charge in [-0.2, -0.15) is 0 Å². The maximum absolute atomic E-state index is 13.5. The van der Waals surface area contributed by atoms with Crippen molar-refractivity contribution in [1.82, 2.24) is 10.0 Å². The van der Waals surface area contributed by atoms with E-state index in [0.717, 1.165) is 24.8 Å². The van der Waals surface area contributed by atoms with Gasteiger partial charge in [-0.1, -0.05) is 12.1 Å². The van der Waals surface area contributed by atoms with E-state index in [-0.39, 0.29) is 27.9 Å². The lowest BCUT2D eigenvalue weighted by molar-refractivity contribution is 0.0826. The van der Waals surface area contributed by atoms with E-state index in [1.54, 1.807) is 6.07 Å². The fourth-order valence-electron chi connectivity index (χ4n) is 3.44. The molecule has 0 radical (unpaired) electrons. The summed E-state index contributed by atoms with van der Waals surface area (Å²) in [5.74, 6) is -0.523. The van der Waals surface area contributed by atoms with Gasteiger partial charge >= 0.3 is 0 Å². The minimum absolute atomic E-state index is 0.0991. The number of ether oxygens (including phenoxy) is 1. The van der Waals surface area contributed by atoms with E-state index in [2.05, 4.69) is 10.0 Å². The molecule has 2 aromatic carbocycles. The van der Waals surface area contributed by atoms with Gasteiger partial charge in [-0.3, -0.25) is 4.79 Å². The molecule has 1 fully saturated rings. The first kappa shape index (κ1) is 20.3. The van der Waals surface area contributed by atoms with E-state index in [1.165, 1.54) is 44.5 Å². The van der Waals surface area contributed by atoms with Gasteiger partial charge in [-0.15, -0.1) is 0 Å². The average Bonchev–Trinajstić information content (AvgIpc) is 2.65. The molecule has 1 amide bonds. The molecule has 0 bridgehead atoms. The minimum Gasteiger partial charge on any atom is -0.495 e. The number of sulfonamides is 1. The number of hydrogen-bond acceptors (Lipinski definition) is 4. The SMILES string of the molecule is CNS(=O)(=O)c1cc(C(=O)NC2(Cc3cccc(F)c3)CCC2)ccc1OC. The highest BCUT2D eigenvalue weighted by molar-refractivity contribution is 7.89. The average molecular weight is 406 g/mol. The molecule has 0 atom stereocenters. The monoisotopic (exact) mass is 406 g/mol. The minimum atomic E-state index is -3.78. The maximum Gasteiger partial charge on any atom is 0.251 e. The largest absolute Gasteiger partial charge is 0.495 e. The molecule has 150 valence electrons. The van der Waals surface area contributed by atoms with Gasteiger partial charge in [-0.05, 0) is 68.6 Å². The number of hydrogen-bond donors (Lipinski definition) is 2. The van der Waals surface area contributed by atoms with Crippen molar-refractivity contribution in [3.05, 3.63) is 59.4 Å². The summed E-state index contributed by atoms with van der Waals surface area (Å²) in [6.07, 6.45) is 3.06. The van der Waals surface area contributed by atoms with E-state index in [1.807, 2.05) is 6.07 Å². The van der Waals surface area contributed by atoms with Gasteiger partial charge in [0, 0.05) is 11.1 Å². The predicted molar refractivity (Wildman–Crippen MR) is 103 cm³/mol. The van der Waals surface area contributed by atoms with E-state index >= 15 is 0 Å². The number of benzene rings is 2. The molecule has 0 spiro atoms. The first-order valence-electron chi connectivity index (χ1n) is 8.97. The molecule has 3 rings (SSSR count). The molecule has 1 aliphatic rings. The molecule has 0 heterocycles. The summed E-state index contributed by atoms with van der Waals surface area (Å²) in [6, 6.07) is 10.6. The van der Waals surface area contributed by atoms with Crippen molar-refractivity contribution >= 4 is 15.9 Å². The summed E-state index contributed by atoms with van der Waals surface area (Å²) in [5, 5.41) is 3.03. The Hall–Kier alpha value is -2.45. The lowest BCUT2D eigenvalue weighted by atomic mass is 9.72. The Labute approximate surface area is 164 Å². The Morgan fingerprint density at radius 1 is 1.21 bits per heavy atom. The van der Waals surface area contributed by atoms with E-state index in [4.69, 9.17) is 4.74 Å². The molecule has 0 aliphatic heterocycles. The predicted octanol–water partition coefficient (Wildman–Crippen LogP) is 2.64. The van der Waals surface area contributed by atoms with Crippen LogP contribution in [0.25, 0.3) is 0 Å². The summed E-state index contributed by atoms with van der Waals surface area (Å²) >= 11 is 0. The van der Waals surface area contributed by atoms with Crippen molar-refractivity contribution < 1.29 is 22.3 Å². The zero-order valence-corrected chi connectivity index (χ0v) is 16.6. The summed E-state index contributed by atoms with van der Waals surface area (Å²) in [7, 11) is -1.12. The van der Waals surface area contributed by atoms with Crippen LogP contribution in [0, 0.1) is 5.82 Å². The van der Waals surface area contributed by atoms with Crippen molar-refractivity contribution in [2.75, 3.05) is 14.2 Å². The number of halogens is 1. The summed E-state index contributed by atoms with van der Waals surface area (Å²) in [4.78, 5) is 12.7. The number of rotatable bonds is 7. The Balaban J connectivity index is 1.84. The third-order valence-corrected chi connectivity index (χ3v) is 6.54. The molecule has 0 aromatic heterocycles. The van der Waals surface area contributed by atoms with Gasteiger partial charge in [0.1, 0.15) is 16.5 Å². The molecule has 1 saturated carbocycles. The Kier molecular flexibility index (Phi) is 5.71. The van der Waals surface area contributed by atoms with Crippen molar-refractivity contribution in [3.63, 3.8) is 0 Å². The Morgan fingerprint density at radius 2 is 1.96 bits per heavy atom. The van der Waals surface area contributed by atoms with E-state index < -0.39 is 15.6 Å². The number of amides is 1. The normalized spacial score (nSPS) is 15.5. The molecule has 8 heteroatoms. The van der Waals surface area contributed by atoms with E-state index in [0.29, 0.717) is 6.42 Å². The van der Waals surface area contributed by atoms with Crippen LogP contribution in [0.5, 0.6) is 5.75 Å². The van der Waals surface area contributed by atoms with Crippen LogP contribution in [0.4, 0.5) is 4.39 Å². The summed E-state index contributed by atoms with van der Waals surface area (Å²) in [5.41, 5.74) is 0.584. The molecular formula is C20H23FN2O4S. The summed E-state index contributed by atoms with van der Waals surface area (Å²) in [6.45, 7) is 0. The van der Waals surface area contributed by atoms with Gasteiger partial charge in [0.15, 0.2) is 0 Å². The van der Waals surface area contributed by atoms with Crippen LogP contribution < -0.4 is 14.8 Å². The van der Waals surface area contributed by atoms with Crippen molar-refractivity contribution in [2.24, 2.45) is 0 Å². The lowest BCUT2D eigenvalue weighted by Crippen LogP contribution is -2.55. The molecule has 6 nitrogen and oxygen atoms in total. The first-order chi connectivity index (χ1) is 13.3. The quantitative estimate of drug-likeness (QED) is 0.740. The Morgan fingerprint density at radius 3 is 2.54 bits per heavy atom. The second-order valence-corrected chi connectivity index (χ2v) is 8.82. The van der Waals surface area contributed by atoms with Gasteiger partial charge in [0.25, 0.3) is 5.91 Å². The van der Waals surface area contributed by atoms with Crippen LogP contribution in [0.3, 0.4) is 0 Å². The van der Waals surface area contributed by atoms with Crippen LogP contribution in [-0.4, -0.2) is 34.0 Å². The highest BCUT2D eigenvalue weighted by atomic mass is 32.2. The number of nitrogens with one attached hydrogen (secondary N) is 2. The fraction of sp³-hybridized carbons (Fsp3) is 0.350. The van der Waals surface area contributed by atoms with Crippen LogP contribution in [0.1, 0.15) is 35.2 Å². The van der Waals surface area contributed by atoms with Gasteiger partial charge in [0.2, 0.25) is 10.0 Å². The number of methoxy groups -OCH3 is 1. The third kappa shape index (κ3) is 4.18. The molecule has 2 N–H and O–H groups in total. The van der Waals surface area contributed by atoms with Gasteiger partial charge in [-0.25, -0.2) is 17.5 Å². The van der Waals surface area contributed by atoms with Gasteiger partial charge < -0.3 is 10.1 Å². The van der Waals surface area contributed by atoms with Crippen LogP contribution in [0.2, 0.25) is 0 Å². The molecule has 28 heavy (non-hydrogen) atoms.